The van der Waals surface area contributed by atoms with Crippen LogP contribution in [0.4, 0.5) is 13.2 Å². The summed E-state index contributed by atoms with van der Waals surface area (Å²) in [7, 11) is 0. The van der Waals surface area contributed by atoms with E-state index in [2.05, 4.69) is 0 Å². The molecule has 7 heteroatoms. The summed E-state index contributed by atoms with van der Waals surface area (Å²) in [6.45, 7) is 0. The average Bonchev–Trinajstić information content (AvgIpc) is 2.11. The van der Waals surface area contributed by atoms with Gasteiger partial charge >= 0.3 is 6.18 Å². The molecule has 5 N–H and O–H groups in total. The molecule has 1 aromatic carbocycles. The molecule has 96 valence electrons. The first kappa shape index (κ1) is 13.4. The van der Waals surface area contributed by atoms with E-state index in [4.69, 9.17) is 10.8 Å². The van der Waals surface area contributed by atoms with Crippen LogP contribution in [0.2, 0.25) is 0 Å². The van der Waals surface area contributed by atoms with Gasteiger partial charge in [0.1, 0.15) is 17.2 Å². The van der Waals surface area contributed by atoms with E-state index in [0.717, 1.165) is 12.1 Å². The van der Waals surface area contributed by atoms with Gasteiger partial charge in [0.2, 0.25) is 0 Å². The Kier molecular flexibility index (Phi) is 3.72. The van der Waals surface area contributed by atoms with Crippen LogP contribution in [0.3, 0.4) is 0 Å². The van der Waals surface area contributed by atoms with Gasteiger partial charge in [0.15, 0.2) is 0 Å². The van der Waals surface area contributed by atoms with Gasteiger partial charge in [-0.1, -0.05) is 0 Å². The second-order valence-corrected chi connectivity index (χ2v) is 3.66. The van der Waals surface area contributed by atoms with Gasteiger partial charge in [0.05, 0.1) is 5.56 Å². The van der Waals surface area contributed by atoms with Crippen molar-refractivity contribution in [1.29, 1.82) is 0 Å². The number of alkyl halides is 3. The first-order valence-electron chi connectivity index (χ1n) is 4.78. The summed E-state index contributed by atoms with van der Waals surface area (Å²) in [5.74, 6) is -1.46. The molecule has 0 spiro atoms. The Morgan fingerprint density at radius 1 is 1.12 bits per heavy atom. The minimum absolute atomic E-state index is 0.202. The molecule has 17 heavy (non-hydrogen) atoms. The second-order valence-electron chi connectivity index (χ2n) is 3.66. The number of phenols is 3. The standard InChI is InChI=1S/C10H12F3NO3/c11-10(12,13)2-1-6(14)9-7(16)3-5(15)4-8(9)17/h3-4,6,15-17H,1-2,14H2/t6-/m0/s1. The molecule has 0 fully saturated rings. The third-order valence-electron chi connectivity index (χ3n) is 2.23. The van der Waals surface area contributed by atoms with Crippen molar-refractivity contribution in [2.45, 2.75) is 25.1 Å². The SMILES string of the molecule is N[C@@H](CCC(F)(F)F)c1c(O)cc(O)cc1O. The fourth-order valence-corrected chi connectivity index (χ4v) is 1.45. The molecular formula is C10H12F3NO3. The second kappa shape index (κ2) is 4.70. The number of hydrogen-bond acceptors (Lipinski definition) is 4. The highest BCUT2D eigenvalue weighted by Gasteiger charge is 2.29. The molecule has 1 rings (SSSR count). The smallest absolute Gasteiger partial charge is 0.389 e. The van der Waals surface area contributed by atoms with Gasteiger partial charge in [-0.25, -0.2) is 0 Å². The molecule has 0 saturated heterocycles. The maximum Gasteiger partial charge on any atom is 0.389 e. The first-order chi connectivity index (χ1) is 7.70. The Morgan fingerprint density at radius 3 is 2.00 bits per heavy atom. The molecule has 0 amide bonds. The third kappa shape index (κ3) is 3.70. The lowest BCUT2D eigenvalue weighted by molar-refractivity contribution is -0.136. The number of aromatic hydroxyl groups is 3. The van der Waals surface area contributed by atoms with Gasteiger partial charge in [-0.15, -0.1) is 0 Å². The summed E-state index contributed by atoms with van der Waals surface area (Å²) in [4.78, 5) is 0. The van der Waals surface area contributed by atoms with Crippen LogP contribution in [0, 0.1) is 0 Å². The molecule has 0 aliphatic heterocycles. The van der Waals surface area contributed by atoms with Crippen LogP contribution in [-0.4, -0.2) is 21.5 Å². The summed E-state index contributed by atoms with van der Waals surface area (Å²) in [5.41, 5.74) is 5.25. The molecule has 1 aromatic rings. The third-order valence-corrected chi connectivity index (χ3v) is 2.23. The molecule has 1 atom stereocenters. The maximum atomic E-state index is 12.0. The highest BCUT2D eigenvalue weighted by Crippen LogP contribution is 2.38. The first-order valence-corrected chi connectivity index (χ1v) is 4.78. The van der Waals surface area contributed by atoms with Crippen molar-refractivity contribution in [2.24, 2.45) is 5.73 Å². The van der Waals surface area contributed by atoms with Crippen molar-refractivity contribution in [3.63, 3.8) is 0 Å². The molecule has 0 saturated carbocycles. The van der Waals surface area contributed by atoms with Crippen molar-refractivity contribution in [3.05, 3.63) is 17.7 Å². The van der Waals surface area contributed by atoms with Crippen LogP contribution in [0.1, 0.15) is 24.4 Å². The summed E-state index contributed by atoms with van der Waals surface area (Å²) >= 11 is 0. The molecule has 0 aliphatic carbocycles. The van der Waals surface area contributed by atoms with Gasteiger partial charge < -0.3 is 21.1 Å². The molecule has 0 radical (unpaired) electrons. The van der Waals surface area contributed by atoms with Crippen LogP contribution in [0.5, 0.6) is 17.2 Å². The normalized spacial score (nSPS) is 13.6. The fraction of sp³-hybridized carbons (Fsp3) is 0.400. The highest BCUT2D eigenvalue weighted by atomic mass is 19.4. The number of rotatable bonds is 3. The molecule has 0 unspecified atom stereocenters. The molecule has 0 aromatic heterocycles. The van der Waals surface area contributed by atoms with E-state index < -0.39 is 42.3 Å². The molecular weight excluding hydrogens is 239 g/mol. The van der Waals surface area contributed by atoms with Crippen LogP contribution in [-0.2, 0) is 0 Å². The van der Waals surface area contributed by atoms with Crippen LogP contribution in [0.15, 0.2) is 12.1 Å². The Bertz CT molecular complexity index is 383. The van der Waals surface area contributed by atoms with Crippen LogP contribution < -0.4 is 5.73 Å². The number of phenolic OH excluding ortho intramolecular Hbond substituents is 3. The lowest BCUT2D eigenvalue weighted by Crippen LogP contribution is -2.16. The maximum absolute atomic E-state index is 12.0. The topological polar surface area (TPSA) is 86.7 Å². The minimum atomic E-state index is -4.35. The van der Waals surface area contributed by atoms with E-state index in [0.29, 0.717) is 0 Å². The summed E-state index contributed by atoms with van der Waals surface area (Å²) < 4.78 is 35.9. The summed E-state index contributed by atoms with van der Waals surface area (Å²) in [6, 6.07) is 0.655. The van der Waals surface area contributed by atoms with Crippen molar-refractivity contribution >= 4 is 0 Å². The zero-order chi connectivity index (χ0) is 13.2. The predicted molar refractivity (Wildman–Crippen MR) is 53.7 cm³/mol. The van der Waals surface area contributed by atoms with Gasteiger partial charge in [-0.05, 0) is 6.42 Å². The van der Waals surface area contributed by atoms with Crippen molar-refractivity contribution in [1.82, 2.24) is 0 Å². The number of benzene rings is 1. The highest BCUT2D eigenvalue weighted by molar-refractivity contribution is 5.50. The zero-order valence-electron chi connectivity index (χ0n) is 8.70. The molecule has 0 bridgehead atoms. The lowest BCUT2D eigenvalue weighted by atomic mass is 10.0. The molecule has 0 aliphatic rings. The van der Waals surface area contributed by atoms with E-state index in [1.807, 2.05) is 0 Å². The van der Waals surface area contributed by atoms with Gasteiger partial charge in [-0.2, -0.15) is 13.2 Å². The van der Waals surface area contributed by atoms with Crippen molar-refractivity contribution in [2.75, 3.05) is 0 Å². The fourth-order valence-electron chi connectivity index (χ4n) is 1.45. The number of halogens is 3. The predicted octanol–water partition coefficient (Wildman–Crippen LogP) is 2.15. The Morgan fingerprint density at radius 2 is 1.59 bits per heavy atom. The monoisotopic (exact) mass is 251 g/mol. The summed E-state index contributed by atoms with van der Waals surface area (Å²) in [5, 5.41) is 27.8. The van der Waals surface area contributed by atoms with E-state index in [-0.39, 0.29) is 5.56 Å². The Hall–Kier alpha value is -1.63. The summed E-state index contributed by atoms with van der Waals surface area (Å²) in [6.07, 6.45) is -5.93. The largest absolute Gasteiger partial charge is 0.508 e. The molecule has 0 heterocycles. The van der Waals surface area contributed by atoms with Crippen molar-refractivity contribution in [3.8, 4) is 17.2 Å². The van der Waals surface area contributed by atoms with Crippen LogP contribution >= 0.6 is 0 Å². The zero-order valence-corrected chi connectivity index (χ0v) is 8.70. The van der Waals surface area contributed by atoms with Gasteiger partial charge in [0, 0.05) is 24.6 Å². The lowest BCUT2D eigenvalue weighted by Gasteiger charge is -2.16. The van der Waals surface area contributed by atoms with E-state index >= 15 is 0 Å². The van der Waals surface area contributed by atoms with Crippen LogP contribution in [0.25, 0.3) is 0 Å². The quantitative estimate of drug-likeness (QED) is 0.663. The Labute approximate surface area is 95.1 Å². The number of hydrogen-bond donors (Lipinski definition) is 4. The van der Waals surface area contributed by atoms with Gasteiger partial charge in [-0.3, -0.25) is 0 Å². The Balaban J connectivity index is 2.86. The van der Waals surface area contributed by atoms with Crippen molar-refractivity contribution < 1.29 is 28.5 Å². The van der Waals surface area contributed by atoms with E-state index in [1.54, 1.807) is 0 Å². The van der Waals surface area contributed by atoms with Gasteiger partial charge in [0.25, 0.3) is 0 Å². The molecule has 4 nitrogen and oxygen atoms in total. The average molecular weight is 251 g/mol. The van der Waals surface area contributed by atoms with E-state index in [1.165, 1.54) is 0 Å². The van der Waals surface area contributed by atoms with E-state index in [9.17, 15) is 23.4 Å². The number of nitrogens with two attached hydrogens (primary N) is 1. The minimum Gasteiger partial charge on any atom is -0.508 e.